The van der Waals surface area contributed by atoms with Crippen LogP contribution in [0.2, 0.25) is 0 Å². The third kappa shape index (κ3) is 3.57. The van der Waals surface area contributed by atoms with Crippen molar-refractivity contribution in [2.45, 2.75) is 6.10 Å². The second-order valence-corrected chi connectivity index (χ2v) is 3.79. The molecule has 0 aliphatic heterocycles. The van der Waals surface area contributed by atoms with E-state index in [2.05, 4.69) is 5.32 Å². The van der Waals surface area contributed by atoms with Gasteiger partial charge in [-0.25, -0.2) is 4.79 Å². The molecule has 1 unspecified atom stereocenters. The lowest BCUT2D eigenvalue weighted by molar-refractivity contribution is -0.385. The van der Waals surface area contributed by atoms with Crippen molar-refractivity contribution in [1.29, 1.82) is 0 Å². The largest absolute Gasteiger partial charge is 0.477 e. The molecular formula is C10H11ClN2O5. The summed E-state index contributed by atoms with van der Waals surface area (Å²) >= 11 is 5.39. The number of nitrogens with zero attached hydrogens (tertiary/aromatic N) is 1. The van der Waals surface area contributed by atoms with Gasteiger partial charge in [0.15, 0.2) is 0 Å². The second kappa shape index (κ2) is 6.18. The number of carboxylic acid groups (broad SMARTS) is 1. The molecule has 7 nitrogen and oxygen atoms in total. The number of nitro groups is 1. The SMILES string of the molecule is O=C(O)c1ccc(NCC(O)CCl)cc1[N+](=O)[O-]. The number of nitrogens with one attached hydrogen (secondary N) is 1. The van der Waals surface area contributed by atoms with Crippen LogP contribution in [0, 0.1) is 10.1 Å². The van der Waals surface area contributed by atoms with Crippen molar-refractivity contribution in [2.24, 2.45) is 0 Å². The summed E-state index contributed by atoms with van der Waals surface area (Å²) in [5.74, 6) is -1.34. The Morgan fingerprint density at radius 2 is 2.22 bits per heavy atom. The number of halogens is 1. The molecule has 1 atom stereocenters. The number of nitro benzene ring substituents is 1. The summed E-state index contributed by atoms with van der Waals surface area (Å²) < 4.78 is 0. The third-order valence-electron chi connectivity index (χ3n) is 2.14. The van der Waals surface area contributed by atoms with Crippen molar-refractivity contribution in [3.05, 3.63) is 33.9 Å². The quantitative estimate of drug-likeness (QED) is 0.409. The number of carbonyl (C=O) groups is 1. The zero-order valence-corrected chi connectivity index (χ0v) is 9.92. The van der Waals surface area contributed by atoms with Crippen LogP contribution in [0.5, 0.6) is 0 Å². The maximum atomic E-state index is 10.8. The highest BCUT2D eigenvalue weighted by Crippen LogP contribution is 2.23. The maximum absolute atomic E-state index is 10.8. The van der Waals surface area contributed by atoms with Gasteiger partial charge in [0.05, 0.1) is 16.9 Å². The van der Waals surface area contributed by atoms with E-state index < -0.39 is 22.7 Å². The highest BCUT2D eigenvalue weighted by atomic mass is 35.5. The van der Waals surface area contributed by atoms with Gasteiger partial charge in [-0.2, -0.15) is 0 Å². The van der Waals surface area contributed by atoms with Crippen molar-refractivity contribution in [3.63, 3.8) is 0 Å². The second-order valence-electron chi connectivity index (χ2n) is 3.48. The van der Waals surface area contributed by atoms with Gasteiger partial charge in [0.1, 0.15) is 5.56 Å². The average molecular weight is 275 g/mol. The fourth-order valence-electron chi connectivity index (χ4n) is 1.26. The van der Waals surface area contributed by atoms with Crippen molar-refractivity contribution in [3.8, 4) is 0 Å². The molecule has 0 radical (unpaired) electrons. The molecule has 0 aliphatic carbocycles. The van der Waals surface area contributed by atoms with Crippen LogP contribution in [-0.2, 0) is 0 Å². The zero-order valence-electron chi connectivity index (χ0n) is 9.17. The summed E-state index contributed by atoms with van der Waals surface area (Å²) in [5.41, 5.74) is -0.549. The van der Waals surface area contributed by atoms with Crippen molar-refractivity contribution in [1.82, 2.24) is 0 Å². The molecule has 18 heavy (non-hydrogen) atoms. The minimum atomic E-state index is -1.37. The van der Waals surface area contributed by atoms with Crippen LogP contribution < -0.4 is 5.32 Å². The number of aromatic carboxylic acids is 1. The first kappa shape index (κ1) is 14.2. The zero-order chi connectivity index (χ0) is 13.7. The Morgan fingerprint density at radius 3 is 2.72 bits per heavy atom. The predicted molar refractivity (Wildman–Crippen MR) is 65.3 cm³/mol. The first-order valence-electron chi connectivity index (χ1n) is 4.95. The molecule has 0 fully saturated rings. The van der Waals surface area contributed by atoms with Crippen molar-refractivity contribution < 1.29 is 19.9 Å². The van der Waals surface area contributed by atoms with Gasteiger partial charge in [-0.15, -0.1) is 11.6 Å². The number of carboxylic acids is 1. The van der Waals surface area contributed by atoms with E-state index in [4.69, 9.17) is 16.7 Å². The summed E-state index contributed by atoms with van der Waals surface area (Å²) in [6.07, 6.45) is -0.787. The molecule has 0 saturated heterocycles. The Hall–Kier alpha value is -1.86. The first-order chi connectivity index (χ1) is 8.45. The molecule has 0 spiro atoms. The van der Waals surface area contributed by atoms with Gasteiger partial charge in [0.25, 0.3) is 5.69 Å². The lowest BCUT2D eigenvalue weighted by atomic mass is 10.1. The number of anilines is 1. The lowest BCUT2D eigenvalue weighted by Crippen LogP contribution is -2.20. The van der Waals surface area contributed by atoms with Crippen LogP contribution in [0.1, 0.15) is 10.4 Å². The van der Waals surface area contributed by atoms with Crippen LogP contribution in [0.25, 0.3) is 0 Å². The molecule has 98 valence electrons. The third-order valence-corrected chi connectivity index (χ3v) is 2.50. The summed E-state index contributed by atoms with van der Waals surface area (Å²) in [5, 5.41) is 31.4. The summed E-state index contributed by atoms with van der Waals surface area (Å²) in [4.78, 5) is 20.7. The van der Waals surface area contributed by atoms with E-state index in [0.29, 0.717) is 5.69 Å². The molecule has 0 saturated carbocycles. The number of aliphatic hydroxyl groups excluding tert-OH is 1. The fraction of sp³-hybridized carbons (Fsp3) is 0.300. The smallest absolute Gasteiger partial charge is 0.342 e. The fourth-order valence-corrected chi connectivity index (χ4v) is 1.37. The molecule has 1 aromatic rings. The van der Waals surface area contributed by atoms with Gasteiger partial charge in [-0.3, -0.25) is 10.1 Å². The van der Waals surface area contributed by atoms with Crippen LogP contribution in [0.15, 0.2) is 18.2 Å². The van der Waals surface area contributed by atoms with Crippen LogP contribution in [0.3, 0.4) is 0 Å². The monoisotopic (exact) mass is 274 g/mol. The molecule has 0 heterocycles. The normalized spacial score (nSPS) is 11.9. The summed E-state index contributed by atoms with van der Waals surface area (Å²) in [6.45, 7) is 0.118. The first-order valence-corrected chi connectivity index (χ1v) is 5.48. The van der Waals surface area contributed by atoms with Gasteiger partial charge in [-0.05, 0) is 12.1 Å². The topological polar surface area (TPSA) is 113 Å². The number of aliphatic hydroxyl groups is 1. The number of rotatable bonds is 6. The standard InChI is InChI=1S/C10H11ClN2O5/c11-4-7(14)5-12-6-1-2-8(10(15)16)9(3-6)13(17)18/h1-3,7,12,14H,4-5H2,(H,15,16). The van der Waals surface area contributed by atoms with E-state index in [1.807, 2.05) is 0 Å². The Morgan fingerprint density at radius 1 is 1.56 bits per heavy atom. The number of benzene rings is 1. The highest BCUT2D eigenvalue weighted by molar-refractivity contribution is 6.18. The van der Waals surface area contributed by atoms with E-state index in [1.54, 1.807) is 0 Å². The highest BCUT2D eigenvalue weighted by Gasteiger charge is 2.20. The van der Waals surface area contributed by atoms with E-state index in [0.717, 1.165) is 12.1 Å². The molecule has 0 aromatic heterocycles. The minimum absolute atomic E-state index is 0.0301. The molecule has 8 heteroatoms. The average Bonchev–Trinajstić information content (AvgIpc) is 2.35. The van der Waals surface area contributed by atoms with E-state index in [9.17, 15) is 20.0 Å². The molecule has 1 aromatic carbocycles. The lowest BCUT2D eigenvalue weighted by Gasteiger charge is -2.10. The Kier molecular flexibility index (Phi) is 4.87. The molecule has 3 N–H and O–H groups in total. The molecule has 0 bridgehead atoms. The summed E-state index contributed by atoms with van der Waals surface area (Å²) in [7, 11) is 0. The maximum Gasteiger partial charge on any atom is 0.342 e. The van der Waals surface area contributed by atoms with Crippen LogP contribution >= 0.6 is 11.6 Å². The van der Waals surface area contributed by atoms with Gasteiger partial charge in [0, 0.05) is 18.3 Å². The molecule has 0 amide bonds. The number of hydrogen-bond acceptors (Lipinski definition) is 5. The Bertz CT molecular complexity index is 466. The Labute approximate surface area is 107 Å². The van der Waals surface area contributed by atoms with Gasteiger partial charge in [0.2, 0.25) is 0 Å². The molecule has 1 rings (SSSR count). The number of hydrogen-bond donors (Lipinski definition) is 3. The number of alkyl halides is 1. The van der Waals surface area contributed by atoms with Crippen molar-refractivity contribution >= 4 is 28.9 Å². The predicted octanol–water partition coefficient (Wildman–Crippen LogP) is 1.30. The van der Waals surface area contributed by atoms with Crippen LogP contribution in [-0.4, -0.2) is 39.6 Å². The minimum Gasteiger partial charge on any atom is -0.477 e. The molecule has 0 aliphatic rings. The summed E-state index contributed by atoms with van der Waals surface area (Å²) in [6, 6.07) is 3.62. The van der Waals surface area contributed by atoms with Crippen LogP contribution in [0.4, 0.5) is 11.4 Å². The van der Waals surface area contributed by atoms with Gasteiger partial charge in [-0.1, -0.05) is 0 Å². The van der Waals surface area contributed by atoms with E-state index >= 15 is 0 Å². The Balaban J connectivity index is 2.93. The van der Waals surface area contributed by atoms with E-state index in [1.165, 1.54) is 6.07 Å². The van der Waals surface area contributed by atoms with E-state index in [-0.39, 0.29) is 18.0 Å². The van der Waals surface area contributed by atoms with Gasteiger partial charge >= 0.3 is 5.97 Å². The van der Waals surface area contributed by atoms with Crippen molar-refractivity contribution in [2.75, 3.05) is 17.7 Å². The molecular weight excluding hydrogens is 264 g/mol. The van der Waals surface area contributed by atoms with Gasteiger partial charge < -0.3 is 15.5 Å².